The second-order valence-corrected chi connectivity index (χ2v) is 14.6. The van der Waals surface area contributed by atoms with Gasteiger partial charge in [-0.25, -0.2) is 24.6 Å². The van der Waals surface area contributed by atoms with Gasteiger partial charge in [-0.1, -0.05) is 115 Å². The number of anilines is 8. The van der Waals surface area contributed by atoms with Crippen LogP contribution in [-0.2, 0) is 11.2 Å². The van der Waals surface area contributed by atoms with Crippen molar-refractivity contribution in [1.29, 1.82) is 5.41 Å². The third-order valence-electron chi connectivity index (χ3n) is 9.22. The fraction of sp³-hybridized carbons (Fsp3) is 0.132. The molecule has 0 bridgehead atoms. The van der Waals surface area contributed by atoms with E-state index >= 15 is 0 Å². The molecule has 7 rings (SSSR count). The predicted molar refractivity (Wildman–Crippen MR) is 268 cm³/mol. The maximum absolute atomic E-state index is 12.2. The van der Waals surface area contributed by atoms with Crippen LogP contribution in [-0.4, -0.2) is 24.2 Å². The molecule has 0 aliphatic rings. The zero-order chi connectivity index (χ0) is 47.0. The standard InChI is InChI=1S/C28H27N3O.C22H22N4O2.C2H6.CHNO/c1-20-3-11-24(12-4-20)29-25-15-7-22(8-16-25)19-23-9-17-27(18-10-23)31-28(32)30-26-13-5-21(2)6-14-26;1-15-6-10-17(11-7-15)23-21(27)25-19-4-3-5-20(14-19)26-22(28)24-18-12-8-16(2)9-13-18;1-2;2-1-3/h3-18,29H,19H2,1-2H3,(H2,30,31,32);3-14H,1-2H3,(H2,23,25,27)(H2,24,26,28);1-2H3;2H. The number of rotatable bonds is 10. The lowest BCUT2D eigenvalue weighted by Gasteiger charge is -2.11. The maximum Gasteiger partial charge on any atom is 0.323 e. The van der Waals surface area contributed by atoms with Crippen LogP contribution >= 0.6 is 0 Å². The first kappa shape index (κ1) is 49.2. The number of carbonyl (C=O) groups excluding carboxylic acids is 4. The Kier molecular flexibility index (Phi) is 19.8. The van der Waals surface area contributed by atoms with Crippen LogP contribution in [0.5, 0.6) is 0 Å². The van der Waals surface area contributed by atoms with Gasteiger partial charge in [-0.2, -0.15) is 0 Å². The Morgan fingerprint density at radius 1 is 0.385 bits per heavy atom. The van der Waals surface area contributed by atoms with Gasteiger partial charge >= 0.3 is 18.1 Å². The van der Waals surface area contributed by atoms with Gasteiger partial charge in [0.25, 0.3) is 0 Å². The Morgan fingerprint density at radius 3 is 0.908 bits per heavy atom. The van der Waals surface area contributed by atoms with Gasteiger partial charge in [0.1, 0.15) is 0 Å². The van der Waals surface area contributed by atoms with Gasteiger partial charge < -0.3 is 37.2 Å². The van der Waals surface area contributed by atoms with E-state index in [0.29, 0.717) is 22.7 Å². The van der Waals surface area contributed by atoms with Crippen molar-refractivity contribution < 1.29 is 19.2 Å². The number of urea groups is 3. The molecule has 0 aliphatic heterocycles. The lowest BCUT2D eigenvalue weighted by molar-refractivity contribution is 0.261. The molecule has 0 fully saturated rings. The summed E-state index contributed by atoms with van der Waals surface area (Å²) in [6.07, 6.45) is 1.58. The van der Waals surface area contributed by atoms with E-state index in [-0.39, 0.29) is 18.1 Å². The van der Waals surface area contributed by atoms with Gasteiger partial charge in [0, 0.05) is 45.5 Å². The number of aryl methyl sites for hydroxylation is 4. The Morgan fingerprint density at radius 2 is 0.615 bits per heavy atom. The summed E-state index contributed by atoms with van der Waals surface area (Å²) in [6.45, 7) is 12.1. The fourth-order valence-electron chi connectivity index (χ4n) is 5.92. The topological polar surface area (TPSA) is 176 Å². The van der Waals surface area contributed by atoms with Crippen molar-refractivity contribution >= 4 is 69.7 Å². The van der Waals surface area contributed by atoms with Crippen LogP contribution in [0.1, 0.15) is 47.2 Å². The van der Waals surface area contributed by atoms with Crippen molar-refractivity contribution in [1.82, 2.24) is 0 Å². The minimum absolute atomic E-state index is 0.252. The molecule has 0 aromatic heterocycles. The smallest absolute Gasteiger partial charge is 0.323 e. The normalized spacial score (nSPS) is 9.69. The lowest BCUT2D eigenvalue weighted by atomic mass is 10.0. The number of hydrogen-bond donors (Lipinski definition) is 8. The second kappa shape index (κ2) is 26.1. The third-order valence-corrected chi connectivity index (χ3v) is 9.22. The van der Waals surface area contributed by atoms with Crippen molar-refractivity contribution in [3.05, 3.63) is 203 Å². The van der Waals surface area contributed by atoms with E-state index in [2.05, 4.69) is 92.7 Å². The molecule has 332 valence electrons. The van der Waals surface area contributed by atoms with Crippen molar-refractivity contribution in [2.24, 2.45) is 0 Å². The Hall–Kier alpha value is -8.47. The molecule has 0 saturated carbocycles. The number of nitrogens with one attached hydrogen (secondary N) is 8. The third kappa shape index (κ3) is 18.2. The molecular weight excluding hydrogens is 813 g/mol. The molecule has 8 N–H and O–H groups in total. The summed E-state index contributed by atoms with van der Waals surface area (Å²) in [5, 5.41) is 25.6. The highest BCUT2D eigenvalue weighted by Crippen LogP contribution is 2.21. The summed E-state index contributed by atoms with van der Waals surface area (Å²) < 4.78 is 0. The molecule has 65 heavy (non-hydrogen) atoms. The Balaban J connectivity index is 0.000000261. The predicted octanol–water partition coefficient (Wildman–Crippen LogP) is 13.8. The van der Waals surface area contributed by atoms with Crippen LogP contribution in [0.2, 0.25) is 0 Å². The van der Waals surface area contributed by atoms with Gasteiger partial charge in [-0.05, 0) is 136 Å². The second-order valence-electron chi connectivity index (χ2n) is 14.6. The summed E-state index contributed by atoms with van der Waals surface area (Å²) in [4.78, 5) is 44.8. The number of carbonyl (C=O) groups is 3. The number of benzene rings is 7. The first-order valence-corrected chi connectivity index (χ1v) is 21.0. The average Bonchev–Trinajstić information content (AvgIpc) is 3.29. The first-order valence-electron chi connectivity index (χ1n) is 21.0. The van der Waals surface area contributed by atoms with Crippen LogP contribution in [0.4, 0.5) is 59.9 Å². The minimum Gasteiger partial charge on any atom is -0.356 e. The molecule has 0 radical (unpaired) electrons. The SMILES string of the molecule is CC.Cc1ccc(NC(=O)Nc2ccc(Cc3ccc(Nc4ccc(C)cc4)cc3)cc2)cc1.Cc1ccc(NC(=O)Nc2cccc(NC(=O)Nc3ccc(C)cc3)c2)cc1.N=C=O. The summed E-state index contributed by atoms with van der Waals surface area (Å²) in [5.41, 5.74) is 13.3. The molecule has 7 aromatic carbocycles. The van der Waals surface area contributed by atoms with Gasteiger partial charge in [0.2, 0.25) is 6.08 Å². The number of amides is 6. The molecular formula is C53H56N8O4. The summed E-state index contributed by atoms with van der Waals surface area (Å²) in [5.74, 6) is 0. The average molecular weight is 869 g/mol. The van der Waals surface area contributed by atoms with Crippen molar-refractivity contribution in [2.75, 3.05) is 37.2 Å². The van der Waals surface area contributed by atoms with Gasteiger partial charge in [0.05, 0.1) is 0 Å². The zero-order valence-corrected chi connectivity index (χ0v) is 37.5. The van der Waals surface area contributed by atoms with Crippen LogP contribution in [0, 0.1) is 33.1 Å². The molecule has 7 aromatic rings. The van der Waals surface area contributed by atoms with Gasteiger partial charge in [-0.15, -0.1) is 0 Å². The van der Waals surface area contributed by atoms with E-state index in [1.165, 1.54) is 16.7 Å². The molecule has 6 amide bonds. The summed E-state index contributed by atoms with van der Waals surface area (Å²) in [7, 11) is 0. The van der Waals surface area contributed by atoms with E-state index < -0.39 is 0 Å². The quantitative estimate of drug-likeness (QED) is 0.0503. The highest BCUT2D eigenvalue weighted by atomic mass is 16.2. The Bertz CT molecular complexity index is 2510. The largest absolute Gasteiger partial charge is 0.356 e. The highest BCUT2D eigenvalue weighted by molar-refractivity contribution is 6.02. The number of hydrogen-bond acceptors (Lipinski definition) is 6. The van der Waals surface area contributed by atoms with Crippen molar-refractivity contribution in [3.63, 3.8) is 0 Å². The molecule has 0 unspecified atom stereocenters. The molecule has 12 nitrogen and oxygen atoms in total. The van der Waals surface area contributed by atoms with E-state index in [1.54, 1.807) is 24.3 Å². The molecule has 0 atom stereocenters. The fourth-order valence-corrected chi connectivity index (χ4v) is 5.92. The van der Waals surface area contributed by atoms with Crippen molar-refractivity contribution in [3.8, 4) is 0 Å². The van der Waals surface area contributed by atoms with Crippen molar-refractivity contribution in [2.45, 2.75) is 48.0 Å². The van der Waals surface area contributed by atoms with Gasteiger partial charge in [-0.3, -0.25) is 0 Å². The molecule has 0 aliphatic carbocycles. The van der Waals surface area contributed by atoms with E-state index in [0.717, 1.165) is 51.9 Å². The molecule has 0 saturated heterocycles. The summed E-state index contributed by atoms with van der Waals surface area (Å²) >= 11 is 0. The molecule has 0 heterocycles. The number of isocyanates is 1. The van der Waals surface area contributed by atoms with E-state index in [9.17, 15) is 14.4 Å². The van der Waals surface area contributed by atoms with Crippen LogP contribution < -0.4 is 37.2 Å². The monoisotopic (exact) mass is 868 g/mol. The highest BCUT2D eigenvalue weighted by Gasteiger charge is 2.07. The summed E-state index contributed by atoms with van der Waals surface area (Å²) in [6, 6.07) is 53.5. The Labute approximate surface area is 381 Å². The maximum atomic E-state index is 12.2. The lowest BCUT2D eigenvalue weighted by Crippen LogP contribution is -2.21. The molecule has 12 heteroatoms. The molecule has 0 spiro atoms. The minimum atomic E-state index is -0.356. The first-order chi connectivity index (χ1) is 31.4. The van der Waals surface area contributed by atoms with Crippen LogP contribution in [0.25, 0.3) is 0 Å². The van der Waals surface area contributed by atoms with Crippen LogP contribution in [0.3, 0.4) is 0 Å². The van der Waals surface area contributed by atoms with Crippen LogP contribution in [0.15, 0.2) is 170 Å². The van der Waals surface area contributed by atoms with Gasteiger partial charge in [0.15, 0.2) is 0 Å². The zero-order valence-electron chi connectivity index (χ0n) is 37.5. The van der Waals surface area contributed by atoms with E-state index in [1.807, 2.05) is 132 Å². The van der Waals surface area contributed by atoms with E-state index in [4.69, 9.17) is 10.2 Å².